The van der Waals surface area contributed by atoms with E-state index in [0.717, 1.165) is 0 Å². The summed E-state index contributed by atoms with van der Waals surface area (Å²) in [7, 11) is 0. The predicted octanol–water partition coefficient (Wildman–Crippen LogP) is 4.95. The number of carbonyl (C=O) groups excluding carboxylic acids is 1. The van der Waals surface area contributed by atoms with E-state index in [0.29, 0.717) is 48.3 Å². The molecule has 0 aliphatic carbocycles. The minimum absolute atomic E-state index is 0.0650. The Morgan fingerprint density at radius 1 is 1.11 bits per heavy atom. The van der Waals surface area contributed by atoms with Crippen LogP contribution >= 0.6 is 11.6 Å². The Hall–Kier alpha value is -2.95. The molecule has 0 saturated carbocycles. The van der Waals surface area contributed by atoms with Gasteiger partial charge in [0, 0.05) is 30.9 Å². The molecule has 0 unspecified atom stereocenters. The predicted molar refractivity (Wildman–Crippen MR) is 118 cm³/mol. The molecule has 35 heavy (non-hydrogen) atoms. The van der Waals surface area contributed by atoms with Crippen LogP contribution in [0.5, 0.6) is 0 Å². The topological polar surface area (TPSA) is 88.7 Å². The van der Waals surface area contributed by atoms with Crippen molar-refractivity contribution in [2.75, 3.05) is 13.2 Å². The van der Waals surface area contributed by atoms with Crippen LogP contribution in [0.1, 0.15) is 52.7 Å². The summed E-state index contributed by atoms with van der Waals surface area (Å²) in [6.07, 6.45) is -2.73. The summed E-state index contributed by atoms with van der Waals surface area (Å²) < 4.78 is 49.9. The quantitative estimate of drug-likeness (QED) is 0.508. The van der Waals surface area contributed by atoms with Crippen LogP contribution in [0, 0.1) is 11.7 Å². The number of hydrogen-bond donors (Lipinski definition) is 1. The van der Waals surface area contributed by atoms with Crippen molar-refractivity contribution < 1.29 is 32.2 Å². The van der Waals surface area contributed by atoms with Gasteiger partial charge in [-0.15, -0.1) is 10.2 Å². The van der Waals surface area contributed by atoms with Gasteiger partial charge in [-0.25, -0.2) is 4.39 Å². The van der Waals surface area contributed by atoms with Crippen molar-refractivity contribution in [2.45, 2.75) is 38.0 Å². The van der Waals surface area contributed by atoms with Crippen LogP contribution in [0.3, 0.4) is 0 Å². The molecule has 3 aromatic rings. The molecule has 2 aliphatic rings. The zero-order chi connectivity index (χ0) is 24.7. The Kier molecular flexibility index (Phi) is 6.52. The highest BCUT2D eigenvalue weighted by molar-refractivity contribution is 6.30. The lowest BCUT2D eigenvalue weighted by atomic mass is 9.84. The summed E-state index contributed by atoms with van der Waals surface area (Å²) in [6.45, 7) is 1.25. The maximum absolute atomic E-state index is 13.7. The second-order valence-corrected chi connectivity index (χ2v) is 9.02. The van der Waals surface area contributed by atoms with Crippen molar-refractivity contribution in [3.8, 4) is 11.5 Å². The van der Waals surface area contributed by atoms with E-state index in [1.807, 2.05) is 0 Å². The third-order valence-corrected chi connectivity index (χ3v) is 6.82. The first-order chi connectivity index (χ1) is 16.8. The van der Waals surface area contributed by atoms with Crippen LogP contribution in [0.15, 0.2) is 40.8 Å². The highest BCUT2D eigenvalue weighted by Crippen LogP contribution is 2.38. The molecule has 3 heterocycles. The van der Waals surface area contributed by atoms with Gasteiger partial charge in [-0.3, -0.25) is 4.79 Å². The number of carbonyl (C=O) groups is 1. The fourth-order valence-corrected chi connectivity index (χ4v) is 4.96. The smallest absolute Gasteiger partial charge is 0.314 e. The summed E-state index contributed by atoms with van der Waals surface area (Å²) >= 11 is 5.95. The average Bonchev–Trinajstić information content (AvgIpc) is 3.47. The van der Waals surface area contributed by atoms with Crippen molar-refractivity contribution in [3.63, 3.8) is 0 Å². The average molecular weight is 508 g/mol. The highest BCUT2D eigenvalue weighted by Gasteiger charge is 2.41. The molecular weight excluding hydrogens is 487 g/mol. The molecule has 2 atom stereocenters. The number of aliphatic hydroxyl groups excluding tert-OH is 1. The lowest BCUT2D eigenvalue weighted by Gasteiger charge is -2.39. The Balaban J connectivity index is 1.47. The molecule has 5 rings (SSSR count). The highest BCUT2D eigenvalue weighted by atomic mass is 35.5. The Morgan fingerprint density at radius 2 is 1.89 bits per heavy atom. The molecular formula is C24H21ClF3N3O4. The van der Waals surface area contributed by atoms with Crippen molar-refractivity contribution in [1.29, 1.82) is 0 Å². The number of alkyl halides is 2. The van der Waals surface area contributed by atoms with Gasteiger partial charge in [0.2, 0.25) is 5.89 Å². The zero-order valence-electron chi connectivity index (χ0n) is 18.3. The first-order valence-corrected chi connectivity index (χ1v) is 11.5. The van der Waals surface area contributed by atoms with E-state index < -0.39 is 30.3 Å². The number of nitrogens with zero attached hydrogens (tertiary/aromatic N) is 3. The maximum atomic E-state index is 13.7. The Labute approximate surface area is 203 Å². The van der Waals surface area contributed by atoms with E-state index in [1.54, 1.807) is 17.0 Å². The lowest BCUT2D eigenvalue weighted by Crippen LogP contribution is -2.46. The van der Waals surface area contributed by atoms with Crippen LogP contribution in [-0.4, -0.2) is 45.4 Å². The molecule has 1 N–H and O–H groups in total. The number of halogens is 4. The van der Waals surface area contributed by atoms with Crippen LogP contribution in [-0.2, 0) is 11.3 Å². The largest absolute Gasteiger partial charge is 0.415 e. The van der Waals surface area contributed by atoms with Gasteiger partial charge in [0.1, 0.15) is 5.82 Å². The number of benzene rings is 2. The molecule has 2 aliphatic heterocycles. The number of aliphatic hydroxyl groups is 1. The zero-order valence-corrected chi connectivity index (χ0v) is 19.1. The lowest BCUT2D eigenvalue weighted by molar-refractivity contribution is -0.0213. The SMILES string of the molecule is O=C1c2cc(-c3nnc(C(F)F)o3)ccc2CN1[C@H](C1CCOCC1)[C@@H](O)c1ccc(F)c(Cl)c1. The Bertz CT molecular complexity index is 1250. The van der Waals surface area contributed by atoms with Gasteiger partial charge in [0.25, 0.3) is 11.8 Å². The molecule has 0 radical (unpaired) electrons. The molecule has 1 amide bonds. The standard InChI is InChI=1S/C24H21ClF3N3O4/c25-17-10-13(3-4-18(17)26)20(32)19(12-5-7-34-8-6-12)31-11-15-2-1-14(9-16(15)24(31)33)22-29-30-23(35-22)21(27)28/h1-4,9-10,12,19-21,32H,5-8,11H2/t19-,20+/m1/s1. The molecule has 184 valence electrons. The van der Waals surface area contributed by atoms with Gasteiger partial charge in [-0.1, -0.05) is 23.7 Å². The molecule has 0 bridgehead atoms. The van der Waals surface area contributed by atoms with Gasteiger partial charge < -0.3 is 19.2 Å². The van der Waals surface area contributed by atoms with Gasteiger partial charge in [-0.2, -0.15) is 8.78 Å². The van der Waals surface area contributed by atoms with Crippen LogP contribution < -0.4 is 0 Å². The number of amides is 1. The molecule has 1 aromatic heterocycles. The molecule has 7 nitrogen and oxygen atoms in total. The third kappa shape index (κ3) is 4.53. The summed E-state index contributed by atoms with van der Waals surface area (Å²) in [5, 5.41) is 18.2. The summed E-state index contributed by atoms with van der Waals surface area (Å²) in [5.41, 5.74) is 1.82. The van der Waals surface area contributed by atoms with Crippen molar-refractivity contribution in [2.24, 2.45) is 5.92 Å². The third-order valence-electron chi connectivity index (χ3n) is 6.53. The van der Waals surface area contributed by atoms with Crippen LogP contribution in [0.25, 0.3) is 11.5 Å². The van der Waals surface area contributed by atoms with E-state index in [-0.39, 0.29) is 29.3 Å². The Morgan fingerprint density at radius 3 is 2.57 bits per heavy atom. The van der Waals surface area contributed by atoms with Crippen LogP contribution in [0.2, 0.25) is 5.02 Å². The van der Waals surface area contributed by atoms with Gasteiger partial charge >= 0.3 is 6.43 Å². The monoisotopic (exact) mass is 507 g/mol. The maximum Gasteiger partial charge on any atom is 0.314 e. The first kappa shape index (κ1) is 23.8. The number of rotatable bonds is 6. The van der Waals surface area contributed by atoms with Crippen LogP contribution in [0.4, 0.5) is 13.2 Å². The number of aromatic nitrogens is 2. The van der Waals surface area contributed by atoms with Crippen molar-refractivity contribution in [1.82, 2.24) is 15.1 Å². The molecule has 2 aromatic carbocycles. The molecule has 1 fully saturated rings. The van der Waals surface area contributed by atoms with Crippen molar-refractivity contribution in [3.05, 3.63) is 69.8 Å². The second kappa shape index (κ2) is 9.60. The van der Waals surface area contributed by atoms with E-state index in [9.17, 15) is 23.1 Å². The second-order valence-electron chi connectivity index (χ2n) is 8.61. The first-order valence-electron chi connectivity index (χ1n) is 11.1. The summed E-state index contributed by atoms with van der Waals surface area (Å²) in [4.78, 5) is 15.1. The number of hydrogen-bond acceptors (Lipinski definition) is 6. The van der Waals surface area contributed by atoms with E-state index >= 15 is 0 Å². The van der Waals surface area contributed by atoms with Gasteiger partial charge in [0.15, 0.2) is 0 Å². The van der Waals surface area contributed by atoms with Crippen molar-refractivity contribution >= 4 is 17.5 Å². The molecule has 1 saturated heterocycles. The van der Waals surface area contributed by atoms with E-state index in [1.165, 1.54) is 24.3 Å². The minimum atomic E-state index is -2.90. The summed E-state index contributed by atoms with van der Waals surface area (Å²) in [5.74, 6) is -1.90. The minimum Gasteiger partial charge on any atom is -0.415 e. The fraction of sp³-hybridized carbons (Fsp3) is 0.375. The number of fused-ring (bicyclic) bond motifs is 1. The number of ether oxygens (including phenoxy) is 1. The summed E-state index contributed by atoms with van der Waals surface area (Å²) in [6, 6.07) is 8.26. The van der Waals surface area contributed by atoms with E-state index in [4.69, 9.17) is 20.8 Å². The normalized spacial score (nSPS) is 18.2. The fourth-order valence-electron chi connectivity index (χ4n) is 4.77. The van der Waals surface area contributed by atoms with Gasteiger partial charge in [0.05, 0.1) is 17.2 Å². The molecule has 0 spiro atoms. The van der Waals surface area contributed by atoms with E-state index in [2.05, 4.69) is 10.2 Å². The molecule has 11 heteroatoms. The van der Waals surface area contributed by atoms with Gasteiger partial charge in [-0.05, 0) is 54.2 Å².